The molecule has 0 amide bonds. The average molecular weight is 499 g/mol. The molecule has 0 unspecified atom stereocenters. The van der Waals surface area contributed by atoms with Crippen LogP contribution in [0.2, 0.25) is 0 Å². The van der Waals surface area contributed by atoms with Crippen LogP contribution in [0.15, 0.2) is 35.3 Å². The van der Waals surface area contributed by atoms with Crippen LogP contribution in [0.3, 0.4) is 0 Å². The molecule has 1 saturated heterocycles. The number of para-hydroxylation sites is 1. The predicted molar refractivity (Wildman–Crippen MR) is 127 cm³/mol. The van der Waals surface area contributed by atoms with Gasteiger partial charge in [-0.25, -0.2) is 4.98 Å². The normalized spacial score (nSPS) is 15.4. The van der Waals surface area contributed by atoms with E-state index < -0.39 is 0 Å². The van der Waals surface area contributed by atoms with Crippen LogP contribution >= 0.6 is 35.3 Å². The van der Waals surface area contributed by atoms with Gasteiger partial charge in [-0.3, -0.25) is 4.99 Å². The Morgan fingerprint density at radius 2 is 1.93 bits per heavy atom. The highest BCUT2D eigenvalue weighted by Crippen LogP contribution is 2.19. The van der Waals surface area contributed by atoms with Gasteiger partial charge in [0, 0.05) is 49.7 Å². The van der Waals surface area contributed by atoms with E-state index in [4.69, 9.17) is 0 Å². The van der Waals surface area contributed by atoms with Crippen molar-refractivity contribution in [3.05, 3.63) is 45.9 Å². The van der Waals surface area contributed by atoms with Gasteiger partial charge in [-0.15, -0.1) is 35.3 Å². The molecule has 2 N–H and O–H groups in total. The molecule has 1 fully saturated rings. The molecule has 27 heavy (non-hydrogen) atoms. The van der Waals surface area contributed by atoms with E-state index in [1.54, 1.807) is 11.3 Å². The zero-order valence-corrected chi connectivity index (χ0v) is 19.5. The molecular weight excluding hydrogens is 469 g/mol. The summed E-state index contributed by atoms with van der Waals surface area (Å²) in [6, 6.07) is 11.2. The summed E-state index contributed by atoms with van der Waals surface area (Å²) >= 11 is 1.79. The third-order valence-electron chi connectivity index (χ3n) is 4.82. The molecule has 2 heterocycles. The highest BCUT2D eigenvalue weighted by molar-refractivity contribution is 14.0. The van der Waals surface area contributed by atoms with E-state index in [9.17, 15) is 0 Å². The molecular formula is C20H30IN5S. The lowest BCUT2D eigenvalue weighted by Gasteiger charge is -2.34. The zero-order chi connectivity index (χ0) is 18.4. The van der Waals surface area contributed by atoms with Crippen LogP contribution in [0.4, 0.5) is 5.69 Å². The quantitative estimate of drug-likeness (QED) is 0.374. The van der Waals surface area contributed by atoms with Crippen molar-refractivity contribution in [1.29, 1.82) is 0 Å². The van der Waals surface area contributed by atoms with E-state index in [0.717, 1.165) is 55.6 Å². The summed E-state index contributed by atoms with van der Waals surface area (Å²) in [6.07, 6.45) is 3.25. The van der Waals surface area contributed by atoms with Crippen LogP contribution < -0.4 is 15.5 Å². The molecule has 0 bridgehead atoms. The molecule has 3 rings (SSSR count). The summed E-state index contributed by atoms with van der Waals surface area (Å²) in [4.78, 5) is 12.7. The molecule has 0 spiro atoms. The van der Waals surface area contributed by atoms with Crippen LogP contribution in [-0.2, 0) is 6.42 Å². The molecule has 0 radical (unpaired) electrons. The summed E-state index contributed by atoms with van der Waals surface area (Å²) in [5.41, 5.74) is 2.48. The molecule has 1 aliphatic heterocycles. The maximum Gasteiger partial charge on any atom is 0.191 e. The number of rotatable bonds is 5. The molecule has 148 valence electrons. The number of thiazole rings is 1. The third-order valence-corrected chi connectivity index (χ3v) is 5.96. The standard InChI is InChI=1S/C20H29N5S.HI/c1-15-19(26-16(2)23-15)9-12-22-20(21-3)24-17-10-13-25(14-11-17)18-7-5-4-6-8-18;/h4-8,17H,9-14H2,1-3H3,(H2,21,22,24);1H. The van der Waals surface area contributed by atoms with Crippen LogP contribution in [0.25, 0.3) is 0 Å². The number of hydrogen-bond donors (Lipinski definition) is 2. The number of aryl methyl sites for hydroxylation is 2. The number of piperidine rings is 1. The second kappa shape index (κ2) is 10.8. The Balaban J connectivity index is 0.00000261. The monoisotopic (exact) mass is 499 g/mol. The van der Waals surface area contributed by atoms with E-state index in [1.165, 1.54) is 10.6 Å². The Hall–Kier alpha value is -1.35. The smallest absolute Gasteiger partial charge is 0.191 e. The summed E-state index contributed by atoms with van der Waals surface area (Å²) in [5.74, 6) is 0.905. The Bertz CT molecular complexity index is 723. The van der Waals surface area contributed by atoms with Gasteiger partial charge >= 0.3 is 0 Å². The minimum absolute atomic E-state index is 0. The second-order valence-corrected chi connectivity index (χ2v) is 8.02. The first kappa shape index (κ1) is 21.9. The molecule has 2 aromatic rings. The number of benzene rings is 1. The van der Waals surface area contributed by atoms with E-state index in [1.807, 2.05) is 7.05 Å². The van der Waals surface area contributed by atoms with Crippen molar-refractivity contribution in [2.24, 2.45) is 4.99 Å². The van der Waals surface area contributed by atoms with Crippen molar-refractivity contribution in [2.45, 2.75) is 39.2 Å². The Kier molecular flexibility index (Phi) is 8.82. The lowest BCUT2D eigenvalue weighted by molar-refractivity contribution is 0.461. The van der Waals surface area contributed by atoms with Crippen molar-refractivity contribution in [3.8, 4) is 0 Å². The van der Waals surface area contributed by atoms with Crippen molar-refractivity contribution in [1.82, 2.24) is 15.6 Å². The van der Waals surface area contributed by atoms with Crippen molar-refractivity contribution >= 4 is 47.0 Å². The van der Waals surface area contributed by atoms with Gasteiger partial charge in [-0.2, -0.15) is 0 Å². The summed E-state index contributed by atoms with van der Waals surface area (Å²) in [7, 11) is 1.84. The van der Waals surface area contributed by atoms with Crippen molar-refractivity contribution in [2.75, 3.05) is 31.6 Å². The maximum atomic E-state index is 4.49. The number of nitrogens with one attached hydrogen (secondary N) is 2. The zero-order valence-electron chi connectivity index (χ0n) is 16.4. The summed E-state index contributed by atoms with van der Waals surface area (Å²) in [6.45, 7) is 7.20. The lowest BCUT2D eigenvalue weighted by Crippen LogP contribution is -2.49. The third kappa shape index (κ3) is 6.34. The fourth-order valence-corrected chi connectivity index (χ4v) is 4.35. The number of aliphatic imine (C=N–C) groups is 1. The van der Waals surface area contributed by atoms with Gasteiger partial charge in [0.05, 0.1) is 10.7 Å². The van der Waals surface area contributed by atoms with Crippen molar-refractivity contribution in [3.63, 3.8) is 0 Å². The largest absolute Gasteiger partial charge is 0.371 e. The summed E-state index contributed by atoms with van der Waals surface area (Å²) in [5, 5.41) is 8.18. The lowest BCUT2D eigenvalue weighted by atomic mass is 10.0. The number of halogens is 1. The first-order valence-corrected chi connectivity index (χ1v) is 10.2. The van der Waals surface area contributed by atoms with Gasteiger partial charge in [0.1, 0.15) is 0 Å². The number of anilines is 1. The highest BCUT2D eigenvalue weighted by Gasteiger charge is 2.20. The highest BCUT2D eigenvalue weighted by atomic mass is 127. The van der Waals surface area contributed by atoms with Gasteiger partial charge < -0.3 is 15.5 Å². The number of aromatic nitrogens is 1. The number of nitrogens with zero attached hydrogens (tertiary/aromatic N) is 3. The molecule has 0 saturated carbocycles. The molecule has 1 aromatic carbocycles. The molecule has 7 heteroatoms. The van der Waals surface area contributed by atoms with Gasteiger partial charge in [-0.1, -0.05) is 18.2 Å². The number of guanidine groups is 1. The van der Waals surface area contributed by atoms with E-state index >= 15 is 0 Å². The Morgan fingerprint density at radius 1 is 1.22 bits per heavy atom. The molecule has 1 aliphatic rings. The molecule has 5 nitrogen and oxygen atoms in total. The van der Waals surface area contributed by atoms with Gasteiger partial charge in [-0.05, 0) is 38.8 Å². The molecule has 0 atom stereocenters. The van der Waals surface area contributed by atoms with Crippen LogP contribution in [0.5, 0.6) is 0 Å². The fraction of sp³-hybridized carbons (Fsp3) is 0.500. The first-order chi connectivity index (χ1) is 12.7. The van der Waals surface area contributed by atoms with Gasteiger partial charge in [0.15, 0.2) is 5.96 Å². The van der Waals surface area contributed by atoms with Gasteiger partial charge in [0.25, 0.3) is 0 Å². The van der Waals surface area contributed by atoms with Crippen LogP contribution in [0, 0.1) is 13.8 Å². The predicted octanol–water partition coefficient (Wildman–Crippen LogP) is 3.75. The summed E-state index contributed by atoms with van der Waals surface area (Å²) < 4.78 is 0. The minimum atomic E-state index is 0. The SMILES string of the molecule is CN=C(NCCc1sc(C)nc1C)NC1CCN(c2ccccc2)CC1.I. The van der Waals surface area contributed by atoms with E-state index in [0.29, 0.717) is 6.04 Å². The van der Waals surface area contributed by atoms with Gasteiger partial charge in [0.2, 0.25) is 0 Å². The maximum absolute atomic E-state index is 4.49. The topological polar surface area (TPSA) is 52.6 Å². The second-order valence-electron chi connectivity index (χ2n) is 6.73. The number of hydrogen-bond acceptors (Lipinski definition) is 4. The average Bonchev–Trinajstić information content (AvgIpc) is 2.99. The van der Waals surface area contributed by atoms with E-state index in [2.05, 4.69) is 69.7 Å². The molecule has 0 aliphatic carbocycles. The minimum Gasteiger partial charge on any atom is -0.371 e. The fourth-order valence-electron chi connectivity index (χ4n) is 3.41. The van der Waals surface area contributed by atoms with Crippen LogP contribution in [0.1, 0.15) is 28.4 Å². The molecule has 1 aromatic heterocycles. The van der Waals surface area contributed by atoms with E-state index in [-0.39, 0.29) is 24.0 Å². The van der Waals surface area contributed by atoms with Crippen LogP contribution in [-0.4, -0.2) is 43.7 Å². The Labute approximate surface area is 183 Å². The Morgan fingerprint density at radius 3 is 2.52 bits per heavy atom. The first-order valence-electron chi connectivity index (χ1n) is 9.36. The van der Waals surface area contributed by atoms with Crippen molar-refractivity contribution < 1.29 is 0 Å².